The maximum Gasteiger partial charge on any atom is 0.335 e. The number of carbonyl (C=O) groups excluding carboxylic acids is 3. The zero-order valence-corrected chi connectivity index (χ0v) is 19.3. The van der Waals surface area contributed by atoms with Gasteiger partial charge in [-0.25, -0.2) is 9.86 Å². The van der Waals surface area contributed by atoms with Crippen LogP contribution in [0.4, 0.5) is 0 Å². The molecule has 10 heteroatoms. The van der Waals surface area contributed by atoms with E-state index in [1.807, 2.05) is 6.92 Å². The molecule has 0 unspecified atom stereocenters. The van der Waals surface area contributed by atoms with Gasteiger partial charge in [-0.15, -0.1) is 0 Å². The van der Waals surface area contributed by atoms with Crippen molar-refractivity contribution in [3.05, 3.63) is 47.7 Å². The number of amides is 3. The highest BCUT2D eigenvalue weighted by Crippen LogP contribution is 2.23. The van der Waals surface area contributed by atoms with E-state index < -0.39 is 23.8 Å². The van der Waals surface area contributed by atoms with Crippen molar-refractivity contribution in [1.29, 1.82) is 0 Å². The SMILES string of the molecule is CCCCC[C@@H](C(=O)NCNC(=O)c1ccc(-c2ccc(C(=O)O)cc2)o1)[C@@H](CC)N(O)C=O. The molecule has 34 heavy (non-hydrogen) atoms. The Morgan fingerprint density at radius 1 is 1.06 bits per heavy atom. The molecule has 1 heterocycles. The zero-order chi connectivity index (χ0) is 25.1. The fourth-order valence-electron chi connectivity index (χ4n) is 3.67. The number of carboxylic acid groups (broad SMARTS) is 1. The van der Waals surface area contributed by atoms with Crippen LogP contribution in [0.5, 0.6) is 0 Å². The Kier molecular flexibility index (Phi) is 10.3. The molecule has 0 radical (unpaired) electrons. The third-order valence-corrected chi connectivity index (χ3v) is 5.54. The molecule has 0 aliphatic rings. The van der Waals surface area contributed by atoms with Gasteiger partial charge in [0.2, 0.25) is 12.3 Å². The number of hydrogen-bond donors (Lipinski definition) is 4. The smallest absolute Gasteiger partial charge is 0.335 e. The van der Waals surface area contributed by atoms with E-state index in [4.69, 9.17) is 9.52 Å². The van der Waals surface area contributed by atoms with Crippen molar-refractivity contribution >= 4 is 24.2 Å². The monoisotopic (exact) mass is 473 g/mol. The maximum absolute atomic E-state index is 12.8. The van der Waals surface area contributed by atoms with Crippen molar-refractivity contribution in [2.75, 3.05) is 6.67 Å². The van der Waals surface area contributed by atoms with Crippen LogP contribution in [0.1, 0.15) is 66.9 Å². The highest BCUT2D eigenvalue weighted by atomic mass is 16.5. The minimum Gasteiger partial charge on any atom is -0.478 e. The van der Waals surface area contributed by atoms with Crippen LogP contribution in [-0.4, -0.2) is 52.3 Å². The molecule has 1 aromatic heterocycles. The molecule has 0 fully saturated rings. The number of nitrogens with zero attached hydrogens (tertiary/aromatic N) is 1. The number of furan rings is 1. The first-order valence-electron chi connectivity index (χ1n) is 11.2. The van der Waals surface area contributed by atoms with Gasteiger partial charge in [0.1, 0.15) is 5.76 Å². The summed E-state index contributed by atoms with van der Waals surface area (Å²) in [7, 11) is 0. The predicted molar refractivity (Wildman–Crippen MR) is 123 cm³/mol. The molecule has 0 aliphatic carbocycles. The number of rotatable bonds is 14. The molecule has 2 aromatic rings. The van der Waals surface area contributed by atoms with Crippen molar-refractivity contribution in [1.82, 2.24) is 15.7 Å². The summed E-state index contributed by atoms with van der Waals surface area (Å²) >= 11 is 0. The van der Waals surface area contributed by atoms with E-state index in [1.165, 1.54) is 18.2 Å². The number of unbranched alkanes of at least 4 members (excludes halogenated alkanes) is 2. The molecule has 0 spiro atoms. The quantitative estimate of drug-likeness (QED) is 0.108. The highest BCUT2D eigenvalue weighted by Gasteiger charge is 2.30. The second kappa shape index (κ2) is 13.1. The van der Waals surface area contributed by atoms with Crippen LogP contribution < -0.4 is 10.6 Å². The summed E-state index contributed by atoms with van der Waals surface area (Å²) in [6.07, 6.45) is 3.84. The minimum atomic E-state index is -1.04. The van der Waals surface area contributed by atoms with E-state index >= 15 is 0 Å². The molecule has 0 aliphatic heterocycles. The van der Waals surface area contributed by atoms with Crippen LogP contribution >= 0.6 is 0 Å². The van der Waals surface area contributed by atoms with E-state index in [1.54, 1.807) is 25.1 Å². The number of aromatic carboxylic acids is 1. The summed E-state index contributed by atoms with van der Waals surface area (Å²) in [6.45, 7) is 3.66. The number of carbonyl (C=O) groups is 4. The summed E-state index contributed by atoms with van der Waals surface area (Å²) in [4.78, 5) is 47.2. The van der Waals surface area contributed by atoms with Crippen LogP contribution in [0.3, 0.4) is 0 Å². The topological polar surface area (TPSA) is 149 Å². The Hall–Kier alpha value is -3.66. The van der Waals surface area contributed by atoms with Gasteiger partial charge in [0.25, 0.3) is 5.91 Å². The van der Waals surface area contributed by atoms with Crippen molar-refractivity contribution in [2.45, 2.75) is 52.0 Å². The molecule has 4 N–H and O–H groups in total. The average Bonchev–Trinajstić information content (AvgIpc) is 3.33. The lowest BCUT2D eigenvalue weighted by molar-refractivity contribution is -0.168. The normalized spacial score (nSPS) is 12.4. The Morgan fingerprint density at radius 2 is 1.76 bits per heavy atom. The number of hydroxylamine groups is 2. The Balaban J connectivity index is 1.96. The number of carboxylic acids is 1. The standard InChI is InChI=1S/C24H31N3O7/c1-3-5-6-7-18(19(4-2)27(33)15-28)22(29)25-14-26-23(30)21-13-12-20(34-21)16-8-10-17(11-9-16)24(31)32/h8-13,15,18-19,33H,3-7,14H2,1-2H3,(H,25,29)(H,26,30)(H,31,32)/t18-,19-/m1/s1. The maximum atomic E-state index is 12.8. The van der Waals surface area contributed by atoms with E-state index in [0.717, 1.165) is 19.3 Å². The molecule has 3 amide bonds. The lowest BCUT2D eigenvalue weighted by atomic mass is 9.90. The van der Waals surface area contributed by atoms with Crippen LogP contribution in [0, 0.1) is 5.92 Å². The number of nitrogens with one attached hydrogen (secondary N) is 2. The van der Waals surface area contributed by atoms with Crippen molar-refractivity contribution in [3.63, 3.8) is 0 Å². The lowest BCUT2D eigenvalue weighted by Gasteiger charge is -2.29. The van der Waals surface area contributed by atoms with E-state index in [2.05, 4.69) is 10.6 Å². The highest BCUT2D eigenvalue weighted by molar-refractivity contribution is 5.92. The fraction of sp³-hybridized carbons (Fsp3) is 0.417. The van der Waals surface area contributed by atoms with Gasteiger partial charge in [-0.3, -0.25) is 19.6 Å². The Bertz CT molecular complexity index is 971. The Morgan fingerprint density at radius 3 is 2.35 bits per heavy atom. The van der Waals surface area contributed by atoms with E-state index in [-0.39, 0.29) is 23.9 Å². The summed E-state index contributed by atoms with van der Waals surface area (Å²) in [5, 5.41) is 24.6. The molecular formula is C24H31N3O7. The molecule has 184 valence electrons. The molecule has 2 atom stereocenters. The first kappa shape index (κ1) is 26.6. The van der Waals surface area contributed by atoms with Crippen molar-refractivity contribution in [2.24, 2.45) is 5.92 Å². The first-order valence-corrected chi connectivity index (χ1v) is 11.2. The fourth-order valence-corrected chi connectivity index (χ4v) is 3.67. The summed E-state index contributed by atoms with van der Waals surface area (Å²) < 4.78 is 5.55. The van der Waals surface area contributed by atoms with Gasteiger partial charge < -0.3 is 20.2 Å². The second-order valence-corrected chi connectivity index (χ2v) is 7.83. The van der Waals surface area contributed by atoms with Gasteiger partial charge >= 0.3 is 5.97 Å². The summed E-state index contributed by atoms with van der Waals surface area (Å²) in [6, 6.07) is 8.45. The Labute approximate surface area is 197 Å². The lowest BCUT2D eigenvalue weighted by Crippen LogP contribution is -2.47. The zero-order valence-electron chi connectivity index (χ0n) is 19.3. The molecule has 10 nitrogen and oxygen atoms in total. The van der Waals surface area contributed by atoms with E-state index in [0.29, 0.717) is 35.6 Å². The molecule has 0 saturated heterocycles. The predicted octanol–water partition coefficient (Wildman–Crippen LogP) is 3.27. The first-order chi connectivity index (χ1) is 16.3. The summed E-state index contributed by atoms with van der Waals surface area (Å²) in [5.74, 6) is -2.15. The third kappa shape index (κ3) is 7.17. The largest absolute Gasteiger partial charge is 0.478 e. The van der Waals surface area contributed by atoms with Gasteiger partial charge in [-0.05, 0) is 37.1 Å². The molecule has 2 rings (SSSR count). The van der Waals surface area contributed by atoms with Gasteiger partial charge in [-0.1, -0.05) is 45.2 Å². The van der Waals surface area contributed by atoms with Crippen LogP contribution in [0.15, 0.2) is 40.8 Å². The number of benzene rings is 1. The second-order valence-electron chi connectivity index (χ2n) is 7.83. The molecular weight excluding hydrogens is 442 g/mol. The minimum absolute atomic E-state index is 0.0278. The average molecular weight is 474 g/mol. The van der Waals surface area contributed by atoms with Gasteiger partial charge in [0.15, 0.2) is 5.76 Å². The summed E-state index contributed by atoms with van der Waals surface area (Å²) in [5.41, 5.74) is 0.751. The van der Waals surface area contributed by atoms with Crippen LogP contribution in [-0.2, 0) is 9.59 Å². The van der Waals surface area contributed by atoms with Crippen molar-refractivity contribution in [3.8, 4) is 11.3 Å². The molecule has 0 saturated carbocycles. The van der Waals surface area contributed by atoms with Crippen LogP contribution in [0.25, 0.3) is 11.3 Å². The van der Waals surface area contributed by atoms with E-state index in [9.17, 15) is 24.4 Å². The molecule has 1 aromatic carbocycles. The van der Waals surface area contributed by atoms with Gasteiger partial charge in [0.05, 0.1) is 24.2 Å². The number of hydrogen-bond acceptors (Lipinski definition) is 6. The van der Waals surface area contributed by atoms with Gasteiger partial charge in [0, 0.05) is 5.56 Å². The van der Waals surface area contributed by atoms with Crippen molar-refractivity contribution < 1.29 is 33.9 Å². The van der Waals surface area contributed by atoms with Crippen LogP contribution in [0.2, 0.25) is 0 Å². The molecule has 0 bridgehead atoms. The third-order valence-electron chi connectivity index (χ3n) is 5.54. The van der Waals surface area contributed by atoms with Gasteiger partial charge in [-0.2, -0.15) is 0 Å².